The summed E-state index contributed by atoms with van der Waals surface area (Å²) in [6.45, 7) is 0. The maximum atomic E-state index is 4.37. The first kappa shape index (κ1) is 12.1. The van der Waals surface area contributed by atoms with Gasteiger partial charge in [0.15, 0.2) is 0 Å². The Kier molecular flexibility index (Phi) is 2.89. The van der Waals surface area contributed by atoms with Crippen molar-refractivity contribution in [3.63, 3.8) is 0 Å². The van der Waals surface area contributed by atoms with Crippen LogP contribution in [0.1, 0.15) is 11.1 Å². The number of nitrogens with zero attached hydrogens (tertiary/aromatic N) is 1. The molecule has 0 aliphatic carbocycles. The molecule has 0 saturated heterocycles. The molecule has 0 unspecified atom stereocenters. The molecule has 1 aromatic heterocycles. The van der Waals surface area contributed by atoms with Crippen LogP contribution in [0.4, 0.5) is 0 Å². The fourth-order valence-electron chi connectivity index (χ4n) is 2.82. The lowest BCUT2D eigenvalue weighted by Crippen LogP contribution is -1.89. The van der Waals surface area contributed by atoms with Crippen molar-refractivity contribution in [1.29, 1.82) is 0 Å². The van der Waals surface area contributed by atoms with Crippen LogP contribution >= 0.6 is 0 Å². The molecular formula is C20H15N. The quantitative estimate of drug-likeness (QED) is 0.500. The summed E-state index contributed by atoms with van der Waals surface area (Å²) < 4.78 is 0. The van der Waals surface area contributed by atoms with E-state index in [0.29, 0.717) is 0 Å². The van der Waals surface area contributed by atoms with Gasteiger partial charge in [0, 0.05) is 11.6 Å². The average molecular weight is 269 g/mol. The van der Waals surface area contributed by atoms with Gasteiger partial charge in [-0.15, -0.1) is 0 Å². The minimum Gasteiger partial charge on any atom is -0.256 e. The van der Waals surface area contributed by atoms with Gasteiger partial charge < -0.3 is 0 Å². The summed E-state index contributed by atoms with van der Waals surface area (Å²) in [5.41, 5.74) is 3.72. The predicted molar refractivity (Wildman–Crippen MR) is 88.5 cm³/mol. The topological polar surface area (TPSA) is 12.9 Å². The summed E-state index contributed by atoms with van der Waals surface area (Å²) in [6, 6.07) is 25.8. The number of pyridine rings is 1. The fraction of sp³-hybridized carbons (Fsp3) is 0.0500. The molecule has 3 aromatic carbocycles. The summed E-state index contributed by atoms with van der Waals surface area (Å²) in [4.78, 5) is 4.37. The maximum Gasteiger partial charge on any atom is 0.0702 e. The van der Waals surface area contributed by atoms with Crippen molar-refractivity contribution >= 4 is 21.7 Å². The van der Waals surface area contributed by atoms with Gasteiger partial charge in [0.25, 0.3) is 0 Å². The Morgan fingerprint density at radius 3 is 2.24 bits per heavy atom. The van der Waals surface area contributed by atoms with Gasteiger partial charge in [0.05, 0.1) is 5.52 Å². The van der Waals surface area contributed by atoms with Gasteiger partial charge in [0.1, 0.15) is 0 Å². The van der Waals surface area contributed by atoms with Gasteiger partial charge >= 0.3 is 0 Å². The Morgan fingerprint density at radius 2 is 1.33 bits per heavy atom. The standard InChI is InChI=1S/C20H15N/c1-2-5-18-13-15(7-9-17(18)4-1)12-16-8-10-20-19(14-16)6-3-11-21-20/h1-11,13-14H,12H2. The van der Waals surface area contributed by atoms with Crippen molar-refractivity contribution in [2.24, 2.45) is 0 Å². The van der Waals surface area contributed by atoms with Crippen LogP contribution in [0.2, 0.25) is 0 Å². The van der Waals surface area contributed by atoms with Gasteiger partial charge in [-0.2, -0.15) is 0 Å². The van der Waals surface area contributed by atoms with Crippen LogP contribution in [-0.2, 0) is 6.42 Å². The van der Waals surface area contributed by atoms with Gasteiger partial charge in [0.2, 0.25) is 0 Å². The normalized spacial score (nSPS) is 11.0. The molecule has 0 bridgehead atoms. The van der Waals surface area contributed by atoms with E-state index in [-0.39, 0.29) is 0 Å². The van der Waals surface area contributed by atoms with E-state index < -0.39 is 0 Å². The first-order chi connectivity index (χ1) is 10.4. The molecule has 0 aliphatic heterocycles. The summed E-state index contributed by atoms with van der Waals surface area (Å²) in [5.74, 6) is 0. The lowest BCUT2D eigenvalue weighted by molar-refractivity contribution is 1.20. The zero-order valence-corrected chi connectivity index (χ0v) is 11.7. The summed E-state index contributed by atoms with van der Waals surface area (Å²) in [7, 11) is 0. The first-order valence-electron chi connectivity index (χ1n) is 7.20. The van der Waals surface area contributed by atoms with Crippen LogP contribution in [0.25, 0.3) is 21.7 Å². The van der Waals surface area contributed by atoms with Crippen molar-refractivity contribution in [3.8, 4) is 0 Å². The molecule has 0 saturated carbocycles. The minimum atomic E-state index is 0.954. The van der Waals surface area contributed by atoms with Crippen LogP contribution in [0.5, 0.6) is 0 Å². The van der Waals surface area contributed by atoms with E-state index in [4.69, 9.17) is 0 Å². The Hall–Kier alpha value is -2.67. The van der Waals surface area contributed by atoms with Gasteiger partial charge in [-0.1, -0.05) is 54.6 Å². The maximum absolute atomic E-state index is 4.37. The number of hydrogen-bond donors (Lipinski definition) is 0. The molecule has 0 amide bonds. The molecule has 0 radical (unpaired) electrons. The summed E-state index contributed by atoms with van der Waals surface area (Å²) in [6.07, 6.45) is 2.79. The molecule has 21 heavy (non-hydrogen) atoms. The second-order valence-electron chi connectivity index (χ2n) is 5.39. The number of aromatic nitrogens is 1. The third kappa shape index (κ3) is 2.38. The summed E-state index contributed by atoms with van der Waals surface area (Å²) >= 11 is 0. The van der Waals surface area contributed by atoms with E-state index >= 15 is 0 Å². The number of fused-ring (bicyclic) bond motifs is 2. The van der Waals surface area contributed by atoms with E-state index in [0.717, 1.165) is 11.9 Å². The highest BCUT2D eigenvalue weighted by Gasteiger charge is 2.00. The molecule has 0 fully saturated rings. The SMILES string of the molecule is c1ccc2cc(Cc3ccc4ncccc4c3)ccc2c1. The molecule has 1 heterocycles. The first-order valence-corrected chi connectivity index (χ1v) is 7.20. The highest BCUT2D eigenvalue weighted by molar-refractivity contribution is 5.83. The second-order valence-corrected chi connectivity index (χ2v) is 5.39. The summed E-state index contributed by atoms with van der Waals surface area (Å²) in [5, 5.41) is 3.80. The highest BCUT2D eigenvalue weighted by atomic mass is 14.6. The van der Waals surface area contributed by atoms with Crippen molar-refractivity contribution < 1.29 is 0 Å². The lowest BCUT2D eigenvalue weighted by Gasteiger charge is -2.05. The van der Waals surface area contributed by atoms with Crippen LogP contribution in [0.15, 0.2) is 79.0 Å². The van der Waals surface area contributed by atoms with Crippen molar-refractivity contribution in [2.45, 2.75) is 6.42 Å². The van der Waals surface area contributed by atoms with Crippen LogP contribution in [-0.4, -0.2) is 4.98 Å². The Labute approximate surface area is 123 Å². The third-order valence-corrected chi connectivity index (χ3v) is 3.89. The molecule has 1 heteroatoms. The number of benzene rings is 3. The smallest absolute Gasteiger partial charge is 0.0702 e. The molecule has 0 spiro atoms. The van der Waals surface area contributed by atoms with E-state index in [9.17, 15) is 0 Å². The van der Waals surface area contributed by atoms with Gasteiger partial charge in [-0.3, -0.25) is 4.98 Å². The molecule has 1 nitrogen and oxygen atoms in total. The highest BCUT2D eigenvalue weighted by Crippen LogP contribution is 2.20. The molecule has 4 aromatic rings. The molecule has 0 aliphatic rings. The predicted octanol–water partition coefficient (Wildman–Crippen LogP) is 4.98. The second kappa shape index (κ2) is 5.02. The van der Waals surface area contributed by atoms with E-state index in [1.165, 1.54) is 27.3 Å². The molecule has 0 N–H and O–H groups in total. The third-order valence-electron chi connectivity index (χ3n) is 3.89. The van der Waals surface area contributed by atoms with Crippen LogP contribution < -0.4 is 0 Å². The zero-order chi connectivity index (χ0) is 14.1. The van der Waals surface area contributed by atoms with Crippen LogP contribution in [0.3, 0.4) is 0 Å². The van der Waals surface area contributed by atoms with Crippen molar-refractivity contribution in [3.05, 3.63) is 90.1 Å². The van der Waals surface area contributed by atoms with E-state index in [2.05, 4.69) is 71.7 Å². The Morgan fingerprint density at radius 1 is 0.619 bits per heavy atom. The van der Waals surface area contributed by atoms with Gasteiger partial charge in [-0.05, 0) is 46.5 Å². The van der Waals surface area contributed by atoms with E-state index in [1.54, 1.807) is 0 Å². The van der Waals surface area contributed by atoms with Gasteiger partial charge in [-0.25, -0.2) is 0 Å². The minimum absolute atomic E-state index is 0.954. The van der Waals surface area contributed by atoms with Crippen molar-refractivity contribution in [2.75, 3.05) is 0 Å². The lowest BCUT2D eigenvalue weighted by atomic mass is 10.0. The van der Waals surface area contributed by atoms with Crippen LogP contribution in [0, 0.1) is 0 Å². The zero-order valence-electron chi connectivity index (χ0n) is 11.7. The molecule has 0 atom stereocenters. The largest absolute Gasteiger partial charge is 0.256 e. The fourth-order valence-corrected chi connectivity index (χ4v) is 2.82. The average Bonchev–Trinajstić information content (AvgIpc) is 2.55. The number of rotatable bonds is 2. The Bertz CT molecular complexity index is 847. The Balaban J connectivity index is 1.71. The molecule has 4 rings (SSSR count). The van der Waals surface area contributed by atoms with Crippen molar-refractivity contribution in [1.82, 2.24) is 4.98 Å². The molecule has 100 valence electrons. The van der Waals surface area contributed by atoms with E-state index in [1.807, 2.05) is 12.3 Å². The monoisotopic (exact) mass is 269 g/mol. The number of hydrogen-bond acceptors (Lipinski definition) is 1. The molecular weight excluding hydrogens is 254 g/mol.